The van der Waals surface area contributed by atoms with Gasteiger partial charge >= 0.3 is 0 Å². The summed E-state index contributed by atoms with van der Waals surface area (Å²) in [6.07, 6.45) is 5.58. The van der Waals surface area contributed by atoms with Crippen molar-refractivity contribution in [3.63, 3.8) is 0 Å². The summed E-state index contributed by atoms with van der Waals surface area (Å²) < 4.78 is 0. The lowest BCUT2D eigenvalue weighted by atomic mass is 9.60. The molecule has 2 aliphatic heterocycles. The molecule has 1 N–H and O–H groups in total. The zero-order valence-electron chi connectivity index (χ0n) is 20.3. The van der Waals surface area contributed by atoms with Crippen molar-refractivity contribution in [3.8, 4) is 0 Å². The van der Waals surface area contributed by atoms with Gasteiger partial charge in [0, 0.05) is 38.3 Å². The standard InChI is InChI=1S/C29H41N3/c1-22(2)26-6-4-5-7-27(26)28-21-31(20-24-10-8-23(3)9-11-24)16-17-32(28)25-18-29(19-25)12-14-30-15-13-29/h4-11,22,25,28,30H,12-21H2,1-3H3. The van der Waals surface area contributed by atoms with Gasteiger partial charge in [0.05, 0.1) is 0 Å². The van der Waals surface area contributed by atoms with Crippen LogP contribution in [-0.4, -0.2) is 48.6 Å². The van der Waals surface area contributed by atoms with Crippen LogP contribution in [0.3, 0.4) is 0 Å². The summed E-state index contributed by atoms with van der Waals surface area (Å²) >= 11 is 0. The van der Waals surface area contributed by atoms with E-state index in [9.17, 15) is 0 Å². The molecule has 0 bridgehead atoms. The van der Waals surface area contributed by atoms with Crippen LogP contribution >= 0.6 is 0 Å². The van der Waals surface area contributed by atoms with Crippen LogP contribution in [0, 0.1) is 12.3 Å². The lowest BCUT2D eigenvalue weighted by Crippen LogP contribution is -2.59. The first-order chi connectivity index (χ1) is 15.5. The summed E-state index contributed by atoms with van der Waals surface area (Å²) in [4.78, 5) is 5.60. The second-order valence-corrected chi connectivity index (χ2v) is 11.1. The third-order valence-electron chi connectivity index (χ3n) is 8.48. The van der Waals surface area contributed by atoms with Gasteiger partial charge in [-0.1, -0.05) is 67.9 Å². The molecule has 1 atom stereocenters. The number of aryl methyl sites for hydroxylation is 1. The Bertz CT molecular complexity index is 889. The zero-order chi connectivity index (χ0) is 22.1. The molecule has 3 heteroatoms. The highest BCUT2D eigenvalue weighted by molar-refractivity contribution is 5.33. The smallest absolute Gasteiger partial charge is 0.0481 e. The van der Waals surface area contributed by atoms with E-state index in [0.717, 1.165) is 19.1 Å². The Balaban J connectivity index is 1.36. The van der Waals surface area contributed by atoms with E-state index in [2.05, 4.69) is 84.4 Å². The predicted octanol–water partition coefficient (Wildman–Crippen LogP) is 5.51. The van der Waals surface area contributed by atoms with Crippen molar-refractivity contribution in [3.05, 3.63) is 70.8 Å². The second kappa shape index (κ2) is 9.29. The number of nitrogens with one attached hydrogen (secondary N) is 1. The Labute approximate surface area is 195 Å². The number of rotatable bonds is 5. The summed E-state index contributed by atoms with van der Waals surface area (Å²) in [7, 11) is 0. The van der Waals surface area contributed by atoms with Crippen LogP contribution < -0.4 is 5.32 Å². The highest BCUT2D eigenvalue weighted by Gasteiger charge is 2.49. The largest absolute Gasteiger partial charge is 0.317 e. The van der Waals surface area contributed by atoms with Crippen LogP contribution in [0.1, 0.15) is 73.7 Å². The van der Waals surface area contributed by atoms with Crippen LogP contribution in [-0.2, 0) is 6.54 Å². The predicted molar refractivity (Wildman–Crippen MR) is 134 cm³/mol. The van der Waals surface area contributed by atoms with Gasteiger partial charge < -0.3 is 5.32 Å². The van der Waals surface area contributed by atoms with Gasteiger partial charge in [-0.25, -0.2) is 0 Å². The van der Waals surface area contributed by atoms with Gasteiger partial charge in [0.15, 0.2) is 0 Å². The summed E-state index contributed by atoms with van der Waals surface area (Å²) in [5, 5.41) is 3.57. The Kier molecular flexibility index (Phi) is 6.42. The maximum absolute atomic E-state index is 3.57. The summed E-state index contributed by atoms with van der Waals surface area (Å²) in [6, 6.07) is 19.7. The molecule has 0 amide bonds. The van der Waals surface area contributed by atoms with E-state index in [1.807, 2.05) is 0 Å². The molecule has 1 saturated carbocycles. The lowest BCUT2D eigenvalue weighted by Gasteiger charge is -2.57. The minimum absolute atomic E-state index is 0.511. The summed E-state index contributed by atoms with van der Waals surface area (Å²) in [5.74, 6) is 0.567. The number of hydrogen-bond donors (Lipinski definition) is 1. The van der Waals surface area contributed by atoms with Crippen molar-refractivity contribution in [1.82, 2.24) is 15.1 Å². The molecule has 1 unspecified atom stereocenters. The third-order valence-corrected chi connectivity index (χ3v) is 8.48. The molecule has 1 spiro atoms. The number of nitrogens with zero attached hydrogens (tertiary/aromatic N) is 2. The fraction of sp³-hybridized carbons (Fsp3) is 0.586. The minimum atomic E-state index is 0.511. The average Bonchev–Trinajstić information content (AvgIpc) is 2.79. The number of benzene rings is 2. The van der Waals surface area contributed by atoms with E-state index >= 15 is 0 Å². The van der Waals surface area contributed by atoms with Gasteiger partial charge in [-0.05, 0) is 73.7 Å². The van der Waals surface area contributed by atoms with Crippen molar-refractivity contribution >= 4 is 0 Å². The molecule has 3 nitrogen and oxygen atoms in total. The SMILES string of the molecule is Cc1ccc(CN2CCN(C3CC4(CCNCC4)C3)C(c3ccccc3C(C)C)C2)cc1. The number of piperidine rings is 1. The topological polar surface area (TPSA) is 18.5 Å². The van der Waals surface area contributed by atoms with Crippen LogP contribution in [0.2, 0.25) is 0 Å². The van der Waals surface area contributed by atoms with Crippen molar-refractivity contribution < 1.29 is 0 Å². The van der Waals surface area contributed by atoms with Crippen LogP contribution in [0.5, 0.6) is 0 Å². The molecule has 2 aromatic carbocycles. The molecule has 2 aromatic rings. The van der Waals surface area contributed by atoms with Gasteiger partial charge in [0.25, 0.3) is 0 Å². The minimum Gasteiger partial charge on any atom is -0.317 e. The van der Waals surface area contributed by atoms with Gasteiger partial charge in [0.2, 0.25) is 0 Å². The molecule has 3 aliphatic rings. The van der Waals surface area contributed by atoms with Gasteiger partial charge in [-0.2, -0.15) is 0 Å². The van der Waals surface area contributed by atoms with Gasteiger partial charge in [-0.15, -0.1) is 0 Å². The monoisotopic (exact) mass is 431 g/mol. The van der Waals surface area contributed by atoms with Crippen LogP contribution in [0.4, 0.5) is 0 Å². The van der Waals surface area contributed by atoms with Crippen molar-refractivity contribution in [2.45, 2.75) is 71.0 Å². The molecular formula is C29H41N3. The van der Waals surface area contributed by atoms with E-state index in [0.29, 0.717) is 17.4 Å². The second-order valence-electron chi connectivity index (χ2n) is 11.1. The van der Waals surface area contributed by atoms with E-state index in [4.69, 9.17) is 0 Å². The molecule has 172 valence electrons. The highest BCUT2D eigenvalue weighted by Crippen LogP contribution is 2.52. The fourth-order valence-electron chi connectivity index (χ4n) is 6.54. The molecule has 0 radical (unpaired) electrons. The molecule has 2 heterocycles. The quantitative estimate of drug-likeness (QED) is 0.673. The molecular weight excluding hydrogens is 390 g/mol. The van der Waals surface area contributed by atoms with Crippen molar-refractivity contribution in [2.75, 3.05) is 32.7 Å². The molecule has 32 heavy (non-hydrogen) atoms. The normalized spacial score (nSPS) is 24.7. The van der Waals surface area contributed by atoms with E-state index in [-0.39, 0.29) is 0 Å². The Morgan fingerprint density at radius 2 is 1.69 bits per heavy atom. The third kappa shape index (κ3) is 4.53. The molecule has 5 rings (SSSR count). The maximum Gasteiger partial charge on any atom is 0.0481 e. The Hall–Kier alpha value is -1.68. The Morgan fingerprint density at radius 1 is 0.969 bits per heavy atom. The first-order valence-electron chi connectivity index (χ1n) is 12.9. The molecule has 3 fully saturated rings. The highest BCUT2D eigenvalue weighted by atomic mass is 15.3. The van der Waals surface area contributed by atoms with E-state index in [1.165, 1.54) is 68.6 Å². The molecule has 0 aromatic heterocycles. The molecule has 2 saturated heterocycles. The van der Waals surface area contributed by atoms with Gasteiger partial charge in [0.1, 0.15) is 0 Å². The zero-order valence-corrected chi connectivity index (χ0v) is 20.3. The average molecular weight is 432 g/mol. The first-order valence-corrected chi connectivity index (χ1v) is 12.9. The summed E-state index contributed by atoms with van der Waals surface area (Å²) in [6.45, 7) is 13.9. The fourth-order valence-corrected chi connectivity index (χ4v) is 6.54. The first kappa shape index (κ1) is 22.1. The Morgan fingerprint density at radius 3 is 2.41 bits per heavy atom. The van der Waals surface area contributed by atoms with E-state index < -0.39 is 0 Å². The van der Waals surface area contributed by atoms with Crippen LogP contribution in [0.25, 0.3) is 0 Å². The molecule has 1 aliphatic carbocycles. The maximum atomic E-state index is 3.57. The van der Waals surface area contributed by atoms with Crippen molar-refractivity contribution in [1.29, 1.82) is 0 Å². The summed E-state index contributed by atoms with van der Waals surface area (Å²) in [5.41, 5.74) is 6.53. The lowest BCUT2D eigenvalue weighted by molar-refractivity contribution is -0.0650. The van der Waals surface area contributed by atoms with Crippen molar-refractivity contribution in [2.24, 2.45) is 5.41 Å². The number of piperazine rings is 1. The van der Waals surface area contributed by atoms with E-state index in [1.54, 1.807) is 5.56 Å². The van der Waals surface area contributed by atoms with Crippen LogP contribution in [0.15, 0.2) is 48.5 Å². The van der Waals surface area contributed by atoms with Gasteiger partial charge in [-0.3, -0.25) is 9.80 Å². The number of hydrogen-bond acceptors (Lipinski definition) is 3.